The number of carbonyl (C=O) groups excluding carboxylic acids is 1. The van der Waals surface area contributed by atoms with Gasteiger partial charge in [0.25, 0.3) is 5.91 Å². The number of hydrogen-bond acceptors (Lipinski definition) is 3. The van der Waals surface area contributed by atoms with Gasteiger partial charge in [0.2, 0.25) is 0 Å². The Morgan fingerprint density at radius 2 is 1.84 bits per heavy atom. The average Bonchev–Trinajstić information content (AvgIpc) is 2.25. The molecule has 0 bridgehead atoms. The predicted octanol–water partition coefficient (Wildman–Crippen LogP) is 2.55. The van der Waals surface area contributed by atoms with Crippen molar-refractivity contribution in [3.63, 3.8) is 0 Å². The van der Waals surface area contributed by atoms with Crippen molar-refractivity contribution in [2.45, 2.75) is 35.4 Å². The molecule has 1 aromatic carbocycles. The molecular weight excluding hydrogens is 279 g/mol. The minimum atomic E-state index is -4.33. The van der Waals surface area contributed by atoms with E-state index in [-0.39, 0.29) is 34.7 Å². The van der Waals surface area contributed by atoms with Gasteiger partial charge in [-0.05, 0) is 48.9 Å². The summed E-state index contributed by atoms with van der Waals surface area (Å²) in [6, 6.07) is 5.20. The Morgan fingerprint density at radius 3 is 2.32 bits per heavy atom. The summed E-state index contributed by atoms with van der Waals surface area (Å²) in [4.78, 5) is 11.8. The van der Waals surface area contributed by atoms with Crippen LogP contribution in [0.4, 0.5) is 13.2 Å². The number of hydrogen-bond donors (Lipinski definition) is 2. The van der Waals surface area contributed by atoms with Crippen molar-refractivity contribution in [1.29, 1.82) is 0 Å². The number of amides is 1. The van der Waals surface area contributed by atoms with Crippen LogP contribution in [0, 0.1) is 0 Å². The van der Waals surface area contributed by atoms with E-state index in [1.807, 2.05) is 0 Å². The third kappa shape index (κ3) is 4.14. The zero-order chi connectivity index (χ0) is 14.0. The van der Waals surface area contributed by atoms with Gasteiger partial charge in [-0.3, -0.25) is 4.79 Å². The number of benzene rings is 1. The van der Waals surface area contributed by atoms with Gasteiger partial charge in [0.05, 0.1) is 6.10 Å². The van der Waals surface area contributed by atoms with Gasteiger partial charge in [0.1, 0.15) is 0 Å². The number of aliphatic hydroxyl groups is 1. The lowest BCUT2D eigenvalue weighted by molar-refractivity contribution is -0.0328. The van der Waals surface area contributed by atoms with Crippen LogP contribution in [0.1, 0.15) is 23.2 Å². The molecule has 0 atom stereocenters. The fraction of sp³-hybridized carbons (Fsp3) is 0.417. The lowest BCUT2D eigenvalue weighted by Crippen LogP contribution is -2.46. The maximum Gasteiger partial charge on any atom is 0.446 e. The van der Waals surface area contributed by atoms with Crippen LogP contribution in [0.15, 0.2) is 29.2 Å². The van der Waals surface area contributed by atoms with Crippen LogP contribution in [0.5, 0.6) is 0 Å². The van der Waals surface area contributed by atoms with E-state index in [2.05, 4.69) is 5.32 Å². The normalized spacial score (nSPS) is 22.7. The molecular formula is C12H12F3NO2S. The van der Waals surface area contributed by atoms with Crippen molar-refractivity contribution in [3.8, 4) is 0 Å². The van der Waals surface area contributed by atoms with Gasteiger partial charge in [0, 0.05) is 16.5 Å². The van der Waals surface area contributed by atoms with Crippen molar-refractivity contribution >= 4 is 17.7 Å². The molecule has 104 valence electrons. The highest BCUT2D eigenvalue weighted by molar-refractivity contribution is 8.00. The van der Waals surface area contributed by atoms with E-state index in [0.717, 1.165) is 0 Å². The van der Waals surface area contributed by atoms with Gasteiger partial charge >= 0.3 is 5.51 Å². The third-order valence-electron chi connectivity index (χ3n) is 2.80. The Bertz CT molecular complexity index is 455. The molecule has 1 aliphatic carbocycles. The molecule has 0 aromatic heterocycles. The molecule has 2 rings (SSSR count). The number of carbonyl (C=O) groups is 1. The smallest absolute Gasteiger partial charge is 0.393 e. The van der Waals surface area contributed by atoms with Crippen LogP contribution in [0.2, 0.25) is 0 Å². The molecule has 0 spiro atoms. The van der Waals surface area contributed by atoms with Crippen LogP contribution in [0.3, 0.4) is 0 Å². The maximum atomic E-state index is 12.1. The summed E-state index contributed by atoms with van der Waals surface area (Å²) in [5.41, 5.74) is -4.01. The first-order valence-corrected chi connectivity index (χ1v) is 6.50. The number of nitrogens with one attached hydrogen (secondary N) is 1. The second-order valence-electron chi connectivity index (χ2n) is 4.37. The molecule has 0 unspecified atom stereocenters. The standard InChI is InChI=1S/C12H12F3NO2S/c13-12(14,15)19-10-3-1-7(2-4-10)11(18)16-8-5-9(17)6-8/h1-4,8-9,17H,5-6H2,(H,16,18). The van der Waals surface area contributed by atoms with Gasteiger partial charge in [-0.1, -0.05) is 0 Å². The van der Waals surface area contributed by atoms with Gasteiger partial charge < -0.3 is 10.4 Å². The topological polar surface area (TPSA) is 49.3 Å². The van der Waals surface area contributed by atoms with Crippen LogP contribution < -0.4 is 5.32 Å². The van der Waals surface area contributed by atoms with E-state index in [1.165, 1.54) is 24.3 Å². The number of halogens is 3. The van der Waals surface area contributed by atoms with Crippen molar-refractivity contribution in [3.05, 3.63) is 29.8 Å². The van der Waals surface area contributed by atoms with Crippen LogP contribution >= 0.6 is 11.8 Å². The summed E-state index contributed by atoms with van der Waals surface area (Å²) in [6.45, 7) is 0. The Labute approximate surface area is 112 Å². The number of rotatable bonds is 3. The zero-order valence-corrected chi connectivity index (χ0v) is 10.6. The first-order valence-electron chi connectivity index (χ1n) is 5.68. The summed E-state index contributed by atoms with van der Waals surface area (Å²) in [7, 11) is 0. The molecule has 1 aliphatic rings. The number of aliphatic hydroxyl groups excluding tert-OH is 1. The minimum absolute atomic E-state index is 0.0446. The van der Waals surface area contributed by atoms with Crippen molar-refractivity contribution in [2.24, 2.45) is 0 Å². The monoisotopic (exact) mass is 291 g/mol. The Hall–Kier alpha value is -1.21. The zero-order valence-electron chi connectivity index (χ0n) is 9.78. The minimum Gasteiger partial charge on any atom is -0.393 e. The lowest BCUT2D eigenvalue weighted by Gasteiger charge is -2.31. The van der Waals surface area contributed by atoms with Gasteiger partial charge in [-0.15, -0.1) is 0 Å². The molecule has 1 amide bonds. The SMILES string of the molecule is O=C(NC1CC(O)C1)c1ccc(SC(F)(F)F)cc1. The molecule has 1 fully saturated rings. The highest BCUT2D eigenvalue weighted by Crippen LogP contribution is 2.36. The second kappa shape index (κ2) is 5.42. The third-order valence-corrected chi connectivity index (χ3v) is 3.54. The highest BCUT2D eigenvalue weighted by Gasteiger charge is 2.30. The molecule has 0 aliphatic heterocycles. The van der Waals surface area contributed by atoms with Crippen LogP contribution in [-0.4, -0.2) is 28.7 Å². The average molecular weight is 291 g/mol. The first-order chi connectivity index (χ1) is 8.83. The van der Waals surface area contributed by atoms with Crippen molar-refractivity contribution in [1.82, 2.24) is 5.32 Å². The fourth-order valence-corrected chi connectivity index (χ4v) is 2.32. The van der Waals surface area contributed by atoms with Crippen LogP contribution in [0.25, 0.3) is 0 Å². The fourth-order valence-electron chi connectivity index (χ4n) is 1.78. The molecule has 0 radical (unpaired) electrons. The van der Waals surface area contributed by atoms with E-state index in [4.69, 9.17) is 5.11 Å². The quantitative estimate of drug-likeness (QED) is 0.841. The molecule has 3 nitrogen and oxygen atoms in total. The summed E-state index contributed by atoms with van der Waals surface area (Å²) in [5, 5.41) is 11.8. The highest BCUT2D eigenvalue weighted by atomic mass is 32.2. The van der Waals surface area contributed by atoms with Gasteiger partial charge in [-0.25, -0.2) is 0 Å². The largest absolute Gasteiger partial charge is 0.446 e. The Balaban J connectivity index is 1.92. The Morgan fingerprint density at radius 1 is 1.26 bits per heavy atom. The van der Waals surface area contributed by atoms with E-state index >= 15 is 0 Å². The maximum absolute atomic E-state index is 12.1. The van der Waals surface area contributed by atoms with Gasteiger partial charge in [-0.2, -0.15) is 13.2 Å². The predicted molar refractivity (Wildman–Crippen MR) is 64.8 cm³/mol. The molecule has 2 N–H and O–H groups in total. The van der Waals surface area contributed by atoms with E-state index in [1.54, 1.807) is 0 Å². The van der Waals surface area contributed by atoms with Crippen molar-refractivity contribution < 1.29 is 23.1 Å². The molecule has 1 saturated carbocycles. The molecule has 19 heavy (non-hydrogen) atoms. The van der Waals surface area contributed by atoms with Crippen LogP contribution in [-0.2, 0) is 0 Å². The lowest BCUT2D eigenvalue weighted by atomic mass is 9.89. The number of alkyl halides is 3. The number of thioether (sulfide) groups is 1. The van der Waals surface area contributed by atoms with Gasteiger partial charge in [0.15, 0.2) is 0 Å². The van der Waals surface area contributed by atoms with E-state index in [9.17, 15) is 18.0 Å². The van der Waals surface area contributed by atoms with E-state index in [0.29, 0.717) is 18.4 Å². The first kappa shape index (κ1) is 14.2. The van der Waals surface area contributed by atoms with E-state index < -0.39 is 5.51 Å². The second-order valence-corrected chi connectivity index (χ2v) is 5.51. The summed E-state index contributed by atoms with van der Waals surface area (Å²) < 4.78 is 36.4. The summed E-state index contributed by atoms with van der Waals surface area (Å²) >= 11 is -0.214. The van der Waals surface area contributed by atoms with Crippen molar-refractivity contribution in [2.75, 3.05) is 0 Å². The molecule has 7 heteroatoms. The molecule has 1 aromatic rings. The molecule has 0 saturated heterocycles. The summed E-state index contributed by atoms with van der Waals surface area (Å²) in [6.07, 6.45) is 0.678. The molecule has 0 heterocycles. The summed E-state index contributed by atoms with van der Waals surface area (Å²) in [5.74, 6) is -0.333. The Kier molecular flexibility index (Phi) is 4.05.